The van der Waals surface area contributed by atoms with Gasteiger partial charge in [-0.2, -0.15) is 0 Å². The Morgan fingerprint density at radius 3 is 2.61 bits per heavy atom. The van der Waals surface area contributed by atoms with Crippen LogP contribution >= 0.6 is 0 Å². The van der Waals surface area contributed by atoms with E-state index in [0.29, 0.717) is 18.7 Å². The summed E-state index contributed by atoms with van der Waals surface area (Å²) in [4.78, 5) is 10.8. The molecule has 1 aromatic rings. The molecule has 0 atom stereocenters. The van der Waals surface area contributed by atoms with Gasteiger partial charge in [-0.05, 0) is 31.0 Å². The van der Waals surface area contributed by atoms with E-state index in [4.69, 9.17) is 10.8 Å². The number of sulfonamides is 1. The van der Waals surface area contributed by atoms with Crippen molar-refractivity contribution in [3.8, 4) is 0 Å². The maximum absolute atomic E-state index is 11.9. The number of anilines is 2. The van der Waals surface area contributed by atoms with Crippen LogP contribution in [0.25, 0.3) is 0 Å². The molecule has 98 valence electrons. The molecule has 1 saturated heterocycles. The SMILES string of the molecule is Nc1cc(C(=O)O)ccc1N1CCCCS1(=O)=O. The van der Waals surface area contributed by atoms with Gasteiger partial charge in [-0.15, -0.1) is 0 Å². The number of aromatic carboxylic acids is 1. The summed E-state index contributed by atoms with van der Waals surface area (Å²) >= 11 is 0. The lowest BCUT2D eigenvalue weighted by Gasteiger charge is -2.29. The number of carbonyl (C=O) groups is 1. The first-order valence-electron chi connectivity index (χ1n) is 5.55. The van der Waals surface area contributed by atoms with Crippen LogP contribution in [0.3, 0.4) is 0 Å². The van der Waals surface area contributed by atoms with Gasteiger partial charge in [0, 0.05) is 6.54 Å². The van der Waals surface area contributed by atoms with Crippen LogP contribution in [0.4, 0.5) is 11.4 Å². The largest absolute Gasteiger partial charge is 0.478 e. The van der Waals surface area contributed by atoms with E-state index in [1.54, 1.807) is 0 Å². The lowest BCUT2D eigenvalue weighted by Crippen LogP contribution is -2.38. The maximum Gasteiger partial charge on any atom is 0.335 e. The average Bonchev–Trinajstić information content (AvgIpc) is 2.29. The highest BCUT2D eigenvalue weighted by Crippen LogP contribution is 2.29. The molecule has 0 unspecified atom stereocenters. The summed E-state index contributed by atoms with van der Waals surface area (Å²) in [6, 6.07) is 4.08. The van der Waals surface area contributed by atoms with E-state index in [2.05, 4.69) is 0 Å². The van der Waals surface area contributed by atoms with Gasteiger partial charge < -0.3 is 10.8 Å². The Balaban J connectivity index is 2.42. The minimum Gasteiger partial charge on any atom is -0.478 e. The van der Waals surface area contributed by atoms with Crippen LogP contribution in [-0.2, 0) is 10.0 Å². The predicted molar refractivity (Wildman–Crippen MR) is 68.2 cm³/mol. The Morgan fingerprint density at radius 2 is 2.06 bits per heavy atom. The first kappa shape index (κ1) is 12.7. The van der Waals surface area contributed by atoms with Gasteiger partial charge in [-0.3, -0.25) is 4.31 Å². The van der Waals surface area contributed by atoms with Crippen LogP contribution in [0.15, 0.2) is 18.2 Å². The molecule has 18 heavy (non-hydrogen) atoms. The molecule has 1 heterocycles. The molecule has 0 radical (unpaired) electrons. The predicted octanol–water partition coefficient (Wildman–Crippen LogP) is 0.897. The second-order valence-electron chi connectivity index (χ2n) is 4.17. The van der Waals surface area contributed by atoms with Crippen molar-refractivity contribution in [1.82, 2.24) is 0 Å². The molecule has 0 bridgehead atoms. The summed E-state index contributed by atoms with van der Waals surface area (Å²) in [5.41, 5.74) is 6.32. The molecule has 1 aliphatic rings. The van der Waals surface area contributed by atoms with Crippen molar-refractivity contribution < 1.29 is 18.3 Å². The highest BCUT2D eigenvalue weighted by molar-refractivity contribution is 7.92. The van der Waals surface area contributed by atoms with E-state index in [0.717, 1.165) is 6.42 Å². The van der Waals surface area contributed by atoms with Gasteiger partial charge in [0.15, 0.2) is 0 Å². The van der Waals surface area contributed by atoms with Crippen molar-refractivity contribution >= 4 is 27.4 Å². The van der Waals surface area contributed by atoms with Crippen LogP contribution in [-0.4, -0.2) is 31.8 Å². The summed E-state index contributed by atoms with van der Waals surface area (Å²) in [7, 11) is -3.33. The average molecular weight is 270 g/mol. The molecule has 7 heteroatoms. The first-order chi connectivity index (χ1) is 8.42. The van der Waals surface area contributed by atoms with Crippen LogP contribution < -0.4 is 10.0 Å². The standard InChI is InChI=1S/C11H14N2O4S/c12-9-7-8(11(14)15)3-4-10(9)13-5-1-2-6-18(13,16)17/h3-4,7H,1-2,5-6,12H2,(H,14,15). The first-order valence-corrected chi connectivity index (χ1v) is 7.16. The van der Waals surface area contributed by atoms with Gasteiger partial charge in [0.2, 0.25) is 10.0 Å². The molecule has 0 aromatic heterocycles. The van der Waals surface area contributed by atoms with Crippen molar-refractivity contribution in [2.45, 2.75) is 12.8 Å². The second kappa shape index (κ2) is 4.49. The summed E-state index contributed by atoms with van der Waals surface area (Å²) in [5, 5.41) is 8.83. The Bertz CT molecular complexity index is 583. The zero-order valence-electron chi connectivity index (χ0n) is 9.67. The van der Waals surface area contributed by atoms with Crippen LogP contribution in [0.2, 0.25) is 0 Å². The molecule has 0 saturated carbocycles. The molecule has 1 aliphatic heterocycles. The zero-order valence-corrected chi connectivity index (χ0v) is 10.5. The van der Waals surface area contributed by atoms with E-state index in [-0.39, 0.29) is 17.0 Å². The normalized spacial score (nSPS) is 18.6. The van der Waals surface area contributed by atoms with Crippen molar-refractivity contribution in [2.75, 3.05) is 22.3 Å². The molecule has 0 amide bonds. The van der Waals surface area contributed by atoms with E-state index in [9.17, 15) is 13.2 Å². The topological polar surface area (TPSA) is 101 Å². The third-order valence-electron chi connectivity index (χ3n) is 2.89. The molecule has 0 spiro atoms. The van der Waals surface area contributed by atoms with Gasteiger partial charge in [0.25, 0.3) is 0 Å². The zero-order chi connectivity index (χ0) is 13.3. The van der Waals surface area contributed by atoms with Gasteiger partial charge in [0.1, 0.15) is 0 Å². The lowest BCUT2D eigenvalue weighted by molar-refractivity contribution is 0.0697. The van der Waals surface area contributed by atoms with Gasteiger partial charge in [-0.1, -0.05) is 0 Å². The third kappa shape index (κ3) is 2.26. The Kier molecular flexibility index (Phi) is 3.16. The molecule has 1 fully saturated rings. The lowest BCUT2D eigenvalue weighted by atomic mass is 10.1. The summed E-state index contributed by atoms with van der Waals surface area (Å²) in [6.07, 6.45) is 1.42. The third-order valence-corrected chi connectivity index (χ3v) is 4.75. The quantitative estimate of drug-likeness (QED) is 0.777. The molecule has 3 N–H and O–H groups in total. The Morgan fingerprint density at radius 1 is 1.33 bits per heavy atom. The number of nitrogens with two attached hydrogens (primary N) is 1. The maximum atomic E-state index is 11.9. The van der Waals surface area contributed by atoms with Crippen molar-refractivity contribution in [1.29, 1.82) is 0 Å². The van der Waals surface area contributed by atoms with Crippen molar-refractivity contribution in [3.05, 3.63) is 23.8 Å². The monoisotopic (exact) mass is 270 g/mol. The fourth-order valence-corrected chi connectivity index (χ4v) is 3.64. The number of hydrogen-bond acceptors (Lipinski definition) is 4. The number of carboxylic acids is 1. The highest BCUT2D eigenvalue weighted by atomic mass is 32.2. The summed E-state index contributed by atoms with van der Waals surface area (Å²) < 4.78 is 25.1. The van der Waals surface area contributed by atoms with E-state index in [1.165, 1.54) is 22.5 Å². The van der Waals surface area contributed by atoms with E-state index >= 15 is 0 Å². The Labute approximate surface area is 105 Å². The second-order valence-corrected chi connectivity index (χ2v) is 6.19. The molecule has 1 aromatic carbocycles. The fraction of sp³-hybridized carbons (Fsp3) is 0.364. The van der Waals surface area contributed by atoms with E-state index < -0.39 is 16.0 Å². The van der Waals surface area contributed by atoms with Gasteiger partial charge >= 0.3 is 5.97 Å². The Hall–Kier alpha value is -1.76. The van der Waals surface area contributed by atoms with Crippen molar-refractivity contribution in [2.24, 2.45) is 0 Å². The van der Waals surface area contributed by atoms with Gasteiger partial charge in [-0.25, -0.2) is 13.2 Å². The number of benzene rings is 1. The highest BCUT2D eigenvalue weighted by Gasteiger charge is 2.27. The number of nitrogen functional groups attached to an aromatic ring is 1. The van der Waals surface area contributed by atoms with Crippen LogP contribution in [0.1, 0.15) is 23.2 Å². The molecular formula is C11H14N2O4S. The molecule has 0 aliphatic carbocycles. The van der Waals surface area contributed by atoms with Crippen LogP contribution in [0, 0.1) is 0 Å². The smallest absolute Gasteiger partial charge is 0.335 e. The molecule has 2 rings (SSSR count). The minimum absolute atomic E-state index is 0.0469. The fourth-order valence-electron chi connectivity index (χ4n) is 1.97. The van der Waals surface area contributed by atoms with Crippen LogP contribution in [0.5, 0.6) is 0 Å². The van der Waals surface area contributed by atoms with Crippen molar-refractivity contribution in [3.63, 3.8) is 0 Å². The summed E-state index contributed by atoms with van der Waals surface area (Å²) in [5.74, 6) is -0.984. The molecule has 6 nitrogen and oxygen atoms in total. The number of rotatable bonds is 2. The minimum atomic E-state index is -3.33. The summed E-state index contributed by atoms with van der Waals surface area (Å²) in [6.45, 7) is 0.388. The number of hydrogen-bond donors (Lipinski definition) is 2. The molecular weight excluding hydrogens is 256 g/mol. The van der Waals surface area contributed by atoms with E-state index in [1.807, 2.05) is 0 Å². The number of carboxylic acid groups (broad SMARTS) is 1. The van der Waals surface area contributed by atoms with Gasteiger partial charge in [0.05, 0.1) is 22.7 Å². The number of nitrogens with zero attached hydrogens (tertiary/aromatic N) is 1.